The minimum absolute atomic E-state index is 0. The first kappa shape index (κ1) is 22.3. The van der Waals surface area contributed by atoms with Crippen LogP contribution in [0.15, 0.2) is 24.3 Å². The van der Waals surface area contributed by atoms with E-state index in [0.29, 0.717) is 18.7 Å². The molecule has 0 radical (unpaired) electrons. The first-order valence-corrected chi connectivity index (χ1v) is 6.05. The van der Waals surface area contributed by atoms with Crippen LogP contribution in [0.1, 0.15) is 19.3 Å². The number of nitrogens with zero attached hydrogens (tertiary/aromatic N) is 1. The molecule has 1 rings (SSSR count). The van der Waals surface area contributed by atoms with Crippen molar-refractivity contribution < 1.29 is 9.72 Å². The van der Waals surface area contributed by atoms with Crippen molar-refractivity contribution in [3.05, 3.63) is 34.4 Å². The molecule has 0 bridgehead atoms. The van der Waals surface area contributed by atoms with E-state index in [2.05, 4.69) is 5.32 Å². The van der Waals surface area contributed by atoms with Crippen molar-refractivity contribution in [3.8, 4) is 0 Å². The third-order valence-corrected chi connectivity index (χ3v) is 2.65. The van der Waals surface area contributed by atoms with Crippen LogP contribution in [-0.2, 0) is 4.79 Å². The molecule has 9 heteroatoms. The maximum atomic E-state index is 11.7. The SMILES string of the molecule is Br.Br.NCCCCC(N)C(=O)Nc1ccc([N+](=O)[O-])cc1. The Kier molecular flexibility index (Phi) is 12.3. The number of non-ortho nitro benzene ring substituents is 1. The molecule has 0 aromatic heterocycles. The number of nitro benzene ring substituents is 1. The van der Waals surface area contributed by atoms with Gasteiger partial charge in [-0.2, -0.15) is 0 Å². The zero-order chi connectivity index (χ0) is 14.3. The number of amides is 1. The van der Waals surface area contributed by atoms with E-state index in [1.54, 1.807) is 0 Å². The summed E-state index contributed by atoms with van der Waals surface area (Å²) in [5.41, 5.74) is 11.5. The predicted octanol–water partition coefficient (Wildman–Crippen LogP) is 2.15. The van der Waals surface area contributed by atoms with Crippen molar-refractivity contribution in [1.29, 1.82) is 0 Å². The molecular formula is C12H20Br2N4O3. The van der Waals surface area contributed by atoms with E-state index < -0.39 is 11.0 Å². The maximum absolute atomic E-state index is 11.7. The van der Waals surface area contributed by atoms with Crippen LogP contribution < -0.4 is 16.8 Å². The molecule has 0 spiro atoms. The Bertz CT molecular complexity index is 443. The number of anilines is 1. The molecule has 0 fully saturated rings. The number of halogens is 2. The zero-order valence-corrected chi connectivity index (χ0v) is 14.8. The lowest BCUT2D eigenvalue weighted by atomic mass is 10.1. The van der Waals surface area contributed by atoms with E-state index in [1.807, 2.05) is 0 Å². The summed E-state index contributed by atoms with van der Waals surface area (Å²) in [5.74, 6) is -0.300. The summed E-state index contributed by atoms with van der Waals surface area (Å²) in [6.45, 7) is 0.580. The van der Waals surface area contributed by atoms with Gasteiger partial charge >= 0.3 is 0 Å². The number of nitrogens with two attached hydrogens (primary N) is 2. The van der Waals surface area contributed by atoms with Gasteiger partial charge in [0.2, 0.25) is 5.91 Å². The highest BCUT2D eigenvalue weighted by molar-refractivity contribution is 8.93. The Labute approximate surface area is 144 Å². The molecule has 0 heterocycles. The van der Waals surface area contributed by atoms with Gasteiger partial charge in [-0.1, -0.05) is 6.42 Å². The molecule has 120 valence electrons. The van der Waals surface area contributed by atoms with Gasteiger partial charge < -0.3 is 16.8 Å². The second-order valence-electron chi connectivity index (χ2n) is 4.18. The number of nitrogens with one attached hydrogen (secondary N) is 1. The molecule has 1 atom stereocenters. The summed E-state index contributed by atoms with van der Waals surface area (Å²) >= 11 is 0. The number of benzene rings is 1. The van der Waals surface area contributed by atoms with E-state index >= 15 is 0 Å². The predicted molar refractivity (Wildman–Crippen MR) is 93.3 cm³/mol. The lowest BCUT2D eigenvalue weighted by molar-refractivity contribution is -0.384. The fourth-order valence-electron chi connectivity index (χ4n) is 1.54. The third kappa shape index (κ3) is 8.10. The lowest BCUT2D eigenvalue weighted by Crippen LogP contribution is -2.35. The van der Waals surface area contributed by atoms with Gasteiger partial charge in [0.1, 0.15) is 0 Å². The van der Waals surface area contributed by atoms with Crippen molar-refractivity contribution in [1.82, 2.24) is 0 Å². The molecule has 5 N–H and O–H groups in total. The average Bonchev–Trinajstić information content (AvgIpc) is 2.39. The summed E-state index contributed by atoms with van der Waals surface area (Å²) in [7, 11) is 0. The second kappa shape index (κ2) is 11.6. The normalized spacial score (nSPS) is 10.8. The van der Waals surface area contributed by atoms with Gasteiger partial charge in [-0.3, -0.25) is 14.9 Å². The molecule has 1 aromatic carbocycles. The monoisotopic (exact) mass is 426 g/mol. The van der Waals surface area contributed by atoms with Crippen LogP contribution in [0.25, 0.3) is 0 Å². The van der Waals surface area contributed by atoms with Gasteiger partial charge in [0.15, 0.2) is 0 Å². The van der Waals surface area contributed by atoms with Crippen LogP contribution in [0, 0.1) is 10.1 Å². The fraction of sp³-hybridized carbons (Fsp3) is 0.417. The van der Waals surface area contributed by atoms with Crippen LogP contribution in [0.3, 0.4) is 0 Å². The molecule has 0 aliphatic carbocycles. The van der Waals surface area contributed by atoms with Gasteiger partial charge in [-0.05, 0) is 31.5 Å². The number of hydrogen-bond donors (Lipinski definition) is 3. The highest BCUT2D eigenvalue weighted by atomic mass is 79.9. The molecule has 0 aliphatic heterocycles. The van der Waals surface area contributed by atoms with Gasteiger partial charge in [0, 0.05) is 17.8 Å². The smallest absolute Gasteiger partial charge is 0.269 e. The number of rotatable bonds is 7. The molecule has 1 amide bonds. The minimum atomic E-state index is -0.596. The second-order valence-corrected chi connectivity index (χ2v) is 4.18. The quantitative estimate of drug-likeness (QED) is 0.349. The zero-order valence-electron chi connectivity index (χ0n) is 11.4. The van der Waals surface area contributed by atoms with Crippen molar-refractivity contribution >= 4 is 51.2 Å². The fourth-order valence-corrected chi connectivity index (χ4v) is 1.54. The van der Waals surface area contributed by atoms with Crippen LogP contribution >= 0.6 is 34.0 Å². The average molecular weight is 428 g/mol. The van der Waals surface area contributed by atoms with Crippen molar-refractivity contribution in [3.63, 3.8) is 0 Å². The van der Waals surface area contributed by atoms with Crippen LogP contribution in [0.2, 0.25) is 0 Å². The lowest BCUT2D eigenvalue weighted by Gasteiger charge is -2.11. The summed E-state index contributed by atoms with van der Waals surface area (Å²) in [5, 5.41) is 13.1. The largest absolute Gasteiger partial charge is 0.330 e. The third-order valence-electron chi connectivity index (χ3n) is 2.65. The standard InChI is InChI=1S/C12H18N4O3.2BrH/c13-8-2-1-3-11(14)12(17)15-9-4-6-10(7-5-9)16(18)19;;/h4-7,11H,1-3,8,13-14H2,(H,15,17);2*1H. The summed E-state index contributed by atoms with van der Waals surface area (Å²) in [6.07, 6.45) is 2.19. The maximum Gasteiger partial charge on any atom is 0.269 e. The van der Waals surface area contributed by atoms with Gasteiger partial charge in [-0.15, -0.1) is 34.0 Å². The molecule has 0 saturated carbocycles. The molecule has 0 saturated heterocycles. The first-order valence-electron chi connectivity index (χ1n) is 6.05. The van der Waals surface area contributed by atoms with E-state index in [-0.39, 0.29) is 45.6 Å². The summed E-state index contributed by atoms with van der Waals surface area (Å²) < 4.78 is 0. The van der Waals surface area contributed by atoms with Crippen molar-refractivity contribution in [2.24, 2.45) is 11.5 Å². The number of unbranched alkanes of at least 4 members (excludes halogenated alkanes) is 1. The molecule has 1 unspecified atom stereocenters. The van der Waals surface area contributed by atoms with E-state index in [0.717, 1.165) is 12.8 Å². The Morgan fingerprint density at radius 2 is 1.81 bits per heavy atom. The van der Waals surface area contributed by atoms with E-state index in [4.69, 9.17) is 11.5 Å². The van der Waals surface area contributed by atoms with Crippen LogP contribution in [0.5, 0.6) is 0 Å². The summed E-state index contributed by atoms with van der Waals surface area (Å²) in [4.78, 5) is 21.7. The first-order chi connectivity index (χ1) is 9.04. The van der Waals surface area contributed by atoms with E-state index in [1.165, 1.54) is 24.3 Å². The van der Waals surface area contributed by atoms with Gasteiger partial charge in [0.05, 0.1) is 11.0 Å². The van der Waals surface area contributed by atoms with E-state index in [9.17, 15) is 14.9 Å². The molecule has 21 heavy (non-hydrogen) atoms. The Balaban J connectivity index is 0. The minimum Gasteiger partial charge on any atom is -0.330 e. The van der Waals surface area contributed by atoms with Crippen LogP contribution in [-0.4, -0.2) is 23.4 Å². The Morgan fingerprint density at radius 3 is 2.29 bits per heavy atom. The van der Waals surface area contributed by atoms with Crippen LogP contribution in [0.4, 0.5) is 11.4 Å². The number of nitro groups is 1. The molecule has 0 aliphatic rings. The molecular weight excluding hydrogens is 408 g/mol. The van der Waals surface area contributed by atoms with Crippen molar-refractivity contribution in [2.45, 2.75) is 25.3 Å². The molecule has 7 nitrogen and oxygen atoms in total. The van der Waals surface area contributed by atoms with Gasteiger partial charge in [-0.25, -0.2) is 0 Å². The molecule has 1 aromatic rings. The highest BCUT2D eigenvalue weighted by Gasteiger charge is 2.13. The highest BCUT2D eigenvalue weighted by Crippen LogP contribution is 2.15. The topological polar surface area (TPSA) is 124 Å². The number of carbonyl (C=O) groups is 1. The number of carbonyl (C=O) groups excluding carboxylic acids is 1. The Morgan fingerprint density at radius 1 is 1.24 bits per heavy atom. The Hall–Kier alpha value is -1.03. The van der Waals surface area contributed by atoms with Gasteiger partial charge in [0.25, 0.3) is 5.69 Å². The summed E-state index contributed by atoms with van der Waals surface area (Å²) in [6, 6.07) is 5.01. The van der Waals surface area contributed by atoms with Crippen molar-refractivity contribution in [2.75, 3.05) is 11.9 Å². The number of hydrogen-bond acceptors (Lipinski definition) is 5.